The Balaban J connectivity index is 1.68. The number of hydrogen-bond donors (Lipinski definition) is 1. The molecule has 1 N–H and O–H groups in total. The number of aromatic amines is 1. The van der Waals surface area contributed by atoms with Crippen LogP contribution in [0.4, 0.5) is 0 Å². The van der Waals surface area contributed by atoms with Crippen molar-refractivity contribution in [3.05, 3.63) is 52.6 Å². The van der Waals surface area contributed by atoms with Gasteiger partial charge >= 0.3 is 0 Å². The van der Waals surface area contributed by atoms with Crippen molar-refractivity contribution in [3.8, 4) is 0 Å². The number of aromatic nitrogens is 5. The number of H-pyrrole nitrogens is 1. The molecule has 0 amide bonds. The maximum atomic E-state index is 12.0. The molecule has 0 aromatic carbocycles. The van der Waals surface area contributed by atoms with E-state index in [1.807, 2.05) is 16.8 Å². The van der Waals surface area contributed by atoms with Gasteiger partial charge in [0.25, 0.3) is 5.56 Å². The summed E-state index contributed by atoms with van der Waals surface area (Å²) < 4.78 is 2.04. The molecule has 1 saturated carbocycles. The van der Waals surface area contributed by atoms with Gasteiger partial charge in [0.1, 0.15) is 5.82 Å². The molecule has 0 atom stereocenters. The quantitative estimate of drug-likeness (QED) is 0.804. The maximum Gasteiger partial charge on any atom is 0.259 e. The largest absolute Gasteiger partial charge is 0.306 e. The molecule has 110 valence electrons. The van der Waals surface area contributed by atoms with E-state index in [0.29, 0.717) is 22.8 Å². The number of pyridine rings is 1. The van der Waals surface area contributed by atoms with Gasteiger partial charge in [0, 0.05) is 12.4 Å². The summed E-state index contributed by atoms with van der Waals surface area (Å²) in [6.45, 7) is 0. The van der Waals surface area contributed by atoms with Crippen LogP contribution in [0.1, 0.15) is 36.8 Å². The molecule has 0 spiro atoms. The molecule has 1 fully saturated rings. The van der Waals surface area contributed by atoms with Crippen LogP contribution in [0, 0.1) is 0 Å². The van der Waals surface area contributed by atoms with E-state index in [0.717, 1.165) is 5.69 Å². The molecule has 0 unspecified atom stereocenters. The van der Waals surface area contributed by atoms with Crippen molar-refractivity contribution in [1.29, 1.82) is 0 Å². The zero-order valence-electron chi connectivity index (χ0n) is 11.9. The summed E-state index contributed by atoms with van der Waals surface area (Å²) in [4.78, 5) is 23.2. The smallest absolute Gasteiger partial charge is 0.259 e. The standard InChI is InChI=1S/C16H15N5O/c22-16-13-7-8-17-10-14(13)19-15(20-16)5-4-12-6-9-18-21(12)11-2-1-3-11/h4-11H,1-3H2,(H,19,20,22). The minimum atomic E-state index is -0.153. The summed E-state index contributed by atoms with van der Waals surface area (Å²) in [6.07, 6.45) is 12.4. The van der Waals surface area contributed by atoms with E-state index >= 15 is 0 Å². The second-order valence-corrected chi connectivity index (χ2v) is 5.46. The van der Waals surface area contributed by atoms with Crippen LogP contribution in [0.5, 0.6) is 0 Å². The Morgan fingerprint density at radius 1 is 1.23 bits per heavy atom. The third-order valence-corrected chi connectivity index (χ3v) is 4.06. The Bertz CT molecular complexity index is 904. The van der Waals surface area contributed by atoms with Gasteiger partial charge in [-0.25, -0.2) is 4.98 Å². The van der Waals surface area contributed by atoms with E-state index in [9.17, 15) is 4.79 Å². The van der Waals surface area contributed by atoms with Crippen molar-refractivity contribution in [1.82, 2.24) is 24.7 Å². The summed E-state index contributed by atoms with van der Waals surface area (Å²) in [5, 5.41) is 4.93. The van der Waals surface area contributed by atoms with Gasteiger partial charge in [-0.05, 0) is 43.5 Å². The zero-order chi connectivity index (χ0) is 14.9. The SMILES string of the molecule is O=c1[nH]c(C=Cc2ccnn2C2CCC2)nc2cnccc12. The molecule has 22 heavy (non-hydrogen) atoms. The normalized spacial score (nSPS) is 15.5. The lowest BCUT2D eigenvalue weighted by Gasteiger charge is -2.26. The predicted octanol–water partition coefficient (Wildman–Crippen LogP) is 2.41. The van der Waals surface area contributed by atoms with Crippen LogP contribution in [0.3, 0.4) is 0 Å². The fourth-order valence-corrected chi connectivity index (χ4v) is 2.64. The second kappa shape index (κ2) is 5.22. The first-order chi connectivity index (χ1) is 10.8. The molecule has 6 nitrogen and oxygen atoms in total. The summed E-state index contributed by atoms with van der Waals surface area (Å²) >= 11 is 0. The van der Waals surface area contributed by atoms with Crippen molar-refractivity contribution >= 4 is 23.1 Å². The first-order valence-corrected chi connectivity index (χ1v) is 7.37. The number of nitrogens with one attached hydrogen (secondary N) is 1. The Labute approximate surface area is 126 Å². The van der Waals surface area contributed by atoms with Gasteiger partial charge in [-0.1, -0.05) is 0 Å². The van der Waals surface area contributed by atoms with E-state index in [1.54, 1.807) is 30.7 Å². The molecule has 6 heteroatoms. The van der Waals surface area contributed by atoms with Gasteiger partial charge in [0.2, 0.25) is 0 Å². The lowest BCUT2D eigenvalue weighted by atomic mass is 9.93. The summed E-state index contributed by atoms with van der Waals surface area (Å²) in [5.74, 6) is 0.520. The fourth-order valence-electron chi connectivity index (χ4n) is 2.64. The molecule has 3 aromatic rings. The van der Waals surface area contributed by atoms with Gasteiger partial charge < -0.3 is 4.98 Å². The molecule has 0 radical (unpaired) electrons. The zero-order valence-corrected chi connectivity index (χ0v) is 11.9. The van der Waals surface area contributed by atoms with Gasteiger partial charge in [0.05, 0.1) is 28.8 Å². The number of rotatable bonds is 3. The lowest BCUT2D eigenvalue weighted by molar-refractivity contribution is 0.288. The molecule has 0 bridgehead atoms. The van der Waals surface area contributed by atoms with Crippen LogP contribution < -0.4 is 5.56 Å². The highest BCUT2D eigenvalue weighted by atomic mass is 16.1. The van der Waals surface area contributed by atoms with Crippen LogP contribution in [-0.2, 0) is 0 Å². The maximum absolute atomic E-state index is 12.0. The Kier molecular flexibility index (Phi) is 3.07. The van der Waals surface area contributed by atoms with E-state index in [1.165, 1.54) is 19.3 Å². The number of nitrogens with zero attached hydrogens (tertiary/aromatic N) is 4. The van der Waals surface area contributed by atoms with Gasteiger partial charge in [-0.15, -0.1) is 0 Å². The van der Waals surface area contributed by atoms with E-state index < -0.39 is 0 Å². The van der Waals surface area contributed by atoms with Crippen molar-refractivity contribution < 1.29 is 0 Å². The van der Waals surface area contributed by atoms with Crippen LogP contribution in [0.15, 0.2) is 35.5 Å². The van der Waals surface area contributed by atoms with Crippen molar-refractivity contribution in [2.24, 2.45) is 0 Å². The monoisotopic (exact) mass is 293 g/mol. The highest BCUT2D eigenvalue weighted by Gasteiger charge is 2.21. The Morgan fingerprint density at radius 3 is 2.95 bits per heavy atom. The first-order valence-electron chi connectivity index (χ1n) is 7.37. The first kappa shape index (κ1) is 12.9. The number of hydrogen-bond acceptors (Lipinski definition) is 4. The molecule has 1 aliphatic rings. The molecule has 1 aliphatic carbocycles. The molecule has 4 rings (SSSR count). The predicted molar refractivity (Wildman–Crippen MR) is 84.2 cm³/mol. The van der Waals surface area contributed by atoms with E-state index in [-0.39, 0.29) is 5.56 Å². The topological polar surface area (TPSA) is 76.5 Å². The van der Waals surface area contributed by atoms with E-state index in [2.05, 4.69) is 20.1 Å². The molecule has 3 aromatic heterocycles. The van der Waals surface area contributed by atoms with Crippen molar-refractivity contribution in [3.63, 3.8) is 0 Å². The van der Waals surface area contributed by atoms with Crippen LogP contribution in [-0.4, -0.2) is 24.7 Å². The average Bonchev–Trinajstić information content (AvgIpc) is 2.91. The minimum Gasteiger partial charge on any atom is -0.306 e. The van der Waals surface area contributed by atoms with Gasteiger partial charge in [-0.2, -0.15) is 5.10 Å². The number of fused-ring (bicyclic) bond motifs is 1. The second-order valence-electron chi connectivity index (χ2n) is 5.46. The molecular formula is C16H15N5O. The summed E-state index contributed by atoms with van der Waals surface area (Å²) in [6, 6.07) is 4.14. The molecule has 0 aliphatic heterocycles. The van der Waals surface area contributed by atoms with E-state index in [4.69, 9.17) is 0 Å². The molecule has 3 heterocycles. The van der Waals surface area contributed by atoms with Crippen LogP contribution >= 0.6 is 0 Å². The highest BCUT2D eigenvalue weighted by Crippen LogP contribution is 2.32. The Morgan fingerprint density at radius 2 is 2.14 bits per heavy atom. The Hall–Kier alpha value is -2.76. The minimum absolute atomic E-state index is 0.153. The average molecular weight is 293 g/mol. The highest BCUT2D eigenvalue weighted by molar-refractivity contribution is 5.77. The van der Waals surface area contributed by atoms with Crippen LogP contribution in [0.2, 0.25) is 0 Å². The van der Waals surface area contributed by atoms with Crippen molar-refractivity contribution in [2.45, 2.75) is 25.3 Å². The fraction of sp³-hybridized carbons (Fsp3) is 0.250. The lowest BCUT2D eigenvalue weighted by Crippen LogP contribution is -2.19. The molecule has 0 saturated heterocycles. The third-order valence-electron chi connectivity index (χ3n) is 4.06. The summed E-state index contributed by atoms with van der Waals surface area (Å²) in [7, 11) is 0. The van der Waals surface area contributed by atoms with Gasteiger partial charge in [-0.3, -0.25) is 14.5 Å². The van der Waals surface area contributed by atoms with Gasteiger partial charge in [0.15, 0.2) is 0 Å². The molecular weight excluding hydrogens is 278 g/mol. The van der Waals surface area contributed by atoms with Crippen molar-refractivity contribution in [2.75, 3.05) is 0 Å². The summed E-state index contributed by atoms with van der Waals surface area (Å²) in [5.41, 5.74) is 1.47. The third kappa shape index (κ3) is 2.22. The van der Waals surface area contributed by atoms with Crippen LogP contribution in [0.25, 0.3) is 23.1 Å².